The highest BCUT2D eigenvalue weighted by Crippen LogP contribution is 2.33. The molecule has 5 nitrogen and oxygen atoms in total. The number of hydrogen-bond acceptors (Lipinski definition) is 3. The third-order valence-electron chi connectivity index (χ3n) is 5.75. The third-order valence-corrected chi connectivity index (χ3v) is 5.75. The molecule has 0 bridgehead atoms. The summed E-state index contributed by atoms with van der Waals surface area (Å²) in [7, 11) is 0. The summed E-state index contributed by atoms with van der Waals surface area (Å²) in [6.07, 6.45) is 4.92. The van der Waals surface area contributed by atoms with Gasteiger partial charge in [0.25, 0.3) is 0 Å². The molecule has 1 saturated carbocycles. The van der Waals surface area contributed by atoms with Crippen LogP contribution in [0, 0.1) is 0 Å². The number of nitrogens with one attached hydrogen (secondary N) is 1. The van der Waals surface area contributed by atoms with Gasteiger partial charge in [0.05, 0.1) is 0 Å². The molecule has 1 aliphatic carbocycles. The van der Waals surface area contributed by atoms with Crippen molar-refractivity contribution in [3.8, 4) is 0 Å². The summed E-state index contributed by atoms with van der Waals surface area (Å²) >= 11 is 0. The summed E-state index contributed by atoms with van der Waals surface area (Å²) in [6, 6.07) is 2.47. The van der Waals surface area contributed by atoms with Crippen molar-refractivity contribution in [1.29, 1.82) is 0 Å². The zero-order valence-electron chi connectivity index (χ0n) is 14.4. The second-order valence-electron chi connectivity index (χ2n) is 7.27. The zero-order chi connectivity index (χ0) is 15.7. The summed E-state index contributed by atoms with van der Waals surface area (Å²) in [5.41, 5.74) is 0. The fourth-order valence-electron chi connectivity index (χ4n) is 4.31. The van der Waals surface area contributed by atoms with Gasteiger partial charge in [0.2, 0.25) is 0 Å². The first-order valence-corrected chi connectivity index (χ1v) is 9.17. The topological polar surface area (TPSA) is 38.8 Å². The molecule has 0 spiro atoms. The van der Waals surface area contributed by atoms with Gasteiger partial charge < -0.3 is 10.2 Å². The predicted molar refractivity (Wildman–Crippen MR) is 89.0 cm³/mol. The van der Waals surface area contributed by atoms with Crippen LogP contribution in [0.2, 0.25) is 0 Å². The van der Waals surface area contributed by atoms with Crippen LogP contribution in [0.15, 0.2) is 0 Å². The molecular formula is C17H32N4O. The van der Waals surface area contributed by atoms with E-state index in [9.17, 15) is 4.79 Å². The molecule has 0 aromatic rings. The highest BCUT2D eigenvalue weighted by atomic mass is 16.2. The van der Waals surface area contributed by atoms with Crippen LogP contribution in [0.5, 0.6) is 0 Å². The lowest BCUT2D eigenvalue weighted by atomic mass is 10.2. The number of rotatable bonds is 5. The minimum atomic E-state index is 0.157. The summed E-state index contributed by atoms with van der Waals surface area (Å²) in [4.78, 5) is 19.6. The number of urea groups is 1. The van der Waals surface area contributed by atoms with E-state index in [0.29, 0.717) is 18.1 Å². The molecule has 3 aliphatic rings. The molecule has 1 N–H and O–H groups in total. The van der Waals surface area contributed by atoms with Gasteiger partial charge >= 0.3 is 6.03 Å². The molecule has 2 saturated heterocycles. The highest BCUT2D eigenvalue weighted by Gasteiger charge is 2.40. The Hall–Kier alpha value is -0.810. The molecule has 2 amide bonds. The van der Waals surface area contributed by atoms with Crippen molar-refractivity contribution >= 4 is 6.03 Å². The lowest BCUT2D eigenvalue weighted by Gasteiger charge is -2.26. The second kappa shape index (κ2) is 6.75. The molecule has 2 aliphatic heterocycles. The molecule has 3 atom stereocenters. The Balaban J connectivity index is 1.46. The lowest BCUT2D eigenvalue weighted by Crippen LogP contribution is -2.46. The standard InChI is InChI=1S/C17H32N4O/c1-4-19(5-2)16-8-9-20(12-16)17(22)18-14-10-13(3)21(11-14)15-6-7-15/h13-16H,4-12H2,1-3H3,(H,18,22). The number of likely N-dealkylation sites (tertiary alicyclic amines) is 2. The van der Waals surface area contributed by atoms with Crippen molar-refractivity contribution in [2.24, 2.45) is 0 Å². The summed E-state index contributed by atoms with van der Waals surface area (Å²) in [6.45, 7) is 11.7. The van der Waals surface area contributed by atoms with Crippen LogP contribution in [-0.2, 0) is 0 Å². The van der Waals surface area contributed by atoms with Crippen LogP contribution in [0.4, 0.5) is 4.79 Å². The van der Waals surface area contributed by atoms with Crippen LogP contribution in [0.3, 0.4) is 0 Å². The van der Waals surface area contributed by atoms with Crippen LogP contribution in [0.25, 0.3) is 0 Å². The van der Waals surface area contributed by atoms with Crippen LogP contribution < -0.4 is 5.32 Å². The van der Waals surface area contributed by atoms with Crippen molar-refractivity contribution < 1.29 is 4.79 Å². The summed E-state index contributed by atoms with van der Waals surface area (Å²) in [5, 5.41) is 3.29. The van der Waals surface area contributed by atoms with Gasteiger partial charge in [-0.05, 0) is 45.7 Å². The van der Waals surface area contributed by atoms with Crippen molar-refractivity contribution in [3.63, 3.8) is 0 Å². The Morgan fingerprint density at radius 3 is 2.55 bits per heavy atom. The number of nitrogens with zero attached hydrogens (tertiary/aromatic N) is 3. The van der Waals surface area contributed by atoms with E-state index in [1.54, 1.807) is 0 Å². The molecule has 0 aromatic heterocycles. The average Bonchev–Trinajstić information content (AvgIpc) is 3.11. The molecule has 22 heavy (non-hydrogen) atoms. The van der Waals surface area contributed by atoms with Gasteiger partial charge in [0.15, 0.2) is 0 Å². The molecule has 0 aromatic carbocycles. The molecular weight excluding hydrogens is 276 g/mol. The number of carbonyl (C=O) groups is 1. The maximum atomic E-state index is 12.5. The summed E-state index contributed by atoms with van der Waals surface area (Å²) < 4.78 is 0. The van der Waals surface area contributed by atoms with E-state index in [-0.39, 0.29) is 6.03 Å². The first kappa shape index (κ1) is 16.1. The van der Waals surface area contributed by atoms with Gasteiger partial charge in [-0.25, -0.2) is 4.79 Å². The van der Waals surface area contributed by atoms with Crippen LogP contribution >= 0.6 is 0 Å². The Bertz CT molecular complexity index is 394. The Morgan fingerprint density at radius 1 is 1.18 bits per heavy atom. The van der Waals surface area contributed by atoms with Gasteiger partial charge in [-0.15, -0.1) is 0 Å². The molecule has 5 heteroatoms. The normalized spacial score (nSPS) is 32.9. The van der Waals surface area contributed by atoms with Crippen LogP contribution in [-0.4, -0.2) is 77.6 Å². The maximum absolute atomic E-state index is 12.5. The third kappa shape index (κ3) is 3.40. The van der Waals surface area contributed by atoms with Gasteiger partial charge in [-0.3, -0.25) is 9.80 Å². The van der Waals surface area contributed by atoms with Gasteiger partial charge in [-0.2, -0.15) is 0 Å². The molecule has 0 radical (unpaired) electrons. The predicted octanol–water partition coefficient (Wildman–Crippen LogP) is 1.74. The smallest absolute Gasteiger partial charge is 0.317 e. The van der Waals surface area contributed by atoms with E-state index < -0.39 is 0 Å². The Kier molecular flexibility index (Phi) is 4.93. The first-order chi connectivity index (χ1) is 10.6. The van der Waals surface area contributed by atoms with E-state index in [4.69, 9.17) is 0 Å². The number of likely N-dealkylation sites (N-methyl/N-ethyl adjacent to an activating group) is 1. The zero-order valence-corrected chi connectivity index (χ0v) is 14.4. The Labute approximate surface area is 135 Å². The molecule has 3 fully saturated rings. The first-order valence-electron chi connectivity index (χ1n) is 9.17. The lowest BCUT2D eigenvalue weighted by molar-refractivity contribution is 0.189. The van der Waals surface area contributed by atoms with E-state index in [0.717, 1.165) is 51.6 Å². The van der Waals surface area contributed by atoms with Crippen molar-refractivity contribution in [2.75, 3.05) is 32.7 Å². The number of amides is 2. The average molecular weight is 308 g/mol. The number of carbonyl (C=O) groups excluding carboxylic acids is 1. The molecule has 2 heterocycles. The fraction of sp³-hybridized carbons (Fsp3) is 0.941. The molecule has 126 valence electrons. The minimum absolute atomic E-state index is 0.157. The SMILES string of the molecule is CCN(CC)C1CCN(C(=O)NC2CC(C)N(C3CC3)C2)C1. The van der Waals surface area contributed by atoms with E-state index >= 15 is 0 Å². The van der Waals surface area contributed by atoms with E-state index in [1.807, 2.05) is 4.90 Å². The Morgan fingerprint density at radius 2 is 1.91 bits per heavy atom. The van der Waals surface area contributed by atoms with Crippen molar-refractivity contribution in [2.45, 2.75) is 70.6 Å². The van der Waals surface area contributed by atoms with Gasteiger partial charge in [-0.1, -0.05) is 13.8 Å². The highest BCUT2D eigenvalue weighted by molar-refractivity contribution is 5.75. The minimum Gasteiger partial charge on any atom is -0.334 e. The molecule has 3 unspecified atom stereocenters. The second-order valence-corrected chi connectivity index (χ2v) is 7.27. The van der Waals surface area contributed by atoms with Crippen molar-refractivity contribution in [1.82, 2.24) is 20.0 Å². The fourth-order valence-corrected chi connectivity index (χ4v) is 4.31. The van der Waals surface area contributed by atoms with Crippen LogP contribution in [0.1, 0.15) is 46.5 Å². The monoisotopic (exact) mass is 308 g/mol. The van der Waals surface area contributed by atoms with Crippen molar-refractivity contribution in [3.05, 3.63) is 0 Å². The van der Waals surface area contributed by atoms with Gasteiger partial charge in [0.1, 0.15) is 0 Å². The van der Waals surface area contributed by atoms with E-state index in [2.05, 4.69) is 35.9 Å². The molecule has 3 rings (SSSR count). The quantitative estimate of drug-likeness (QED) is 0.841. The summed E-state index contributed by atoms with van der Waals surface area (Å²) in [5.74, 6) is 0. The van der Waals surface area contributed by atoms with E-state index in [1.165, 1.54) is 12.8 Å². The number of hydrogen-bond donors (Lipinski definition) is 1. The maximum Gasteiger partial charge on any atom is 0.317 e. The largest absolute Gasteiger partial charge is 0.334 e. The van der Waals surface area contributed by atoms with Gasteiger partial charge in [0, 0.05) is 43.8 Å².